The van der Waals surface area contributed by atoms with Gasteiger partial charge in [-0.15, -0.1) is 0 Å². The lowest BCUT2D eigenvalue weighted by Gasteiger charge is -2.32. The highest BCUT2D eigenvalue weighted by molar-refractivity contribution is 6.01. The van der Waals surface area contributed by atoms with Gasteiger partial charge in [0.2, 0.25) is 11.8 Å². The number of fused-ring (bicyclic) bond motifs is 5. The standard InChI is InChI=1S/C53H67N9O7/c1-33-28-46(65)50(38-14-18-48(69-27-23-57)42(31-38)41-29-36(11-17-47(41)68-26-22-56)30-43(60-52(33)66)44(63)10-9-20-54)61(4)53(67)39(19-21-55)32-45(64)49-34(2)58-51(59-35(49)3)37-12-15-40(16-13-37)62-24-7-5-6-8-25-62/h11-18,29,31,33,39,43,50H,5-10,19,21-28,30,32,55-57H2,1-4H3,(H,60,66)/t33-,39-,43+,50+/m1/s1. The maximum Gasteiger partial charge on any atom is 0.226 e. The fraction of sp³-hybridized carbons (Fsp3) is 0.472. The predicted octanol–water partition coefficient (Wildman–Crippen LogP) is 5.73. The summed E-state index contributed by atoms with van der Waals surface area (Å²) >= 11 is 0. The van der Waals surface area contributed by atoms with Crippen LogP contribution in [0.1, 0.15) is 104 Å². The van der Waals surface area contributed by atoms with Crippen LogP contribution in [-0.4, -0.2) is 103 Å². The number of carbonyl (C=O) groups is 5. The number of nitrogens with zero attached hydrogens (tertiary/aromatic N) is 5. The van der Waals surface area contributed by atoms with Crippen molar-refractivity contribution >= 4 is 34.9 Å². The number of carbonyl (C=O) groups excluding carboxylic acids is 5. The van der Waals surface area contributed by atoms with Crippen LogP contribution in [0.15, 0.2) is 60.7 Å². The molecular formula is C53H67N9O7. The van der Waals surface area contributed by atoms with Crippen LogP contribution >= 0.6 is 0 Å². The van der Waals surface area contributed by atoms with E-state index < -0.39 is 41.5 Å². The van der Waals surface area contributed by atoms with Crippen LogP contribution in [0.3, 0.4) is 0 Å². The van der Waals surface area contributed by atoms with E-state index in [-0.39, 0.29) is 82.9 Å². The molecule has 0 spiro atoms. The van der Waals surface area contributed by atoms with E-state index in [1.807, 2.05) is 24.3 Å². The molecule has 3 heterocycles. The second-order valence-corrected chi connectivity index (χ2v) is 18.1. The zero-order chi connectivity index (χ0) is 49.6. The number of aromatic nitrogens is 2. The molecule has 366 valence electrons. The van der Waals surface area contributed by atoms with Crippen molar-refractivity contribution < 1.29 is 33.4 Å². The minimum Gasteiger partial charge on any atom is -0.492 e. The first-order valence-corrected chi connectivity index (χ1v) is 24.1. The Bertz CT molecular complexity index is 2490. The van der Waals surface area contributed by atoms with Gasteiger partial charge in [0.15, 0.2) is 23.2 Å². The van der Waals surface area contributed by atoms with Crippen LogP contribution < -0.4 is 36.9 Å². The molecule has 0 radical (unpaired) electrons. The highest BCUT2D eigenvalue weighted by Crippen LogP contribution is 2.41. The summed E-state index contributed by atoms with van der Waals surface area (Å²) in [5.41, 5.74) is 23.3. The fourth-order valence-corrected chi connectivity index (χ4v) is 9.37. The molecule has 4 aromatic rings. The SMILES string of the molecule is Cc1nc(-c2ccc(N3CCCCCC3)cc2)nc(C)c1C(=O)C[C@@H](CCN)C(=O)N(C)[C@@H]1C(=O)C[C@@H](C)C(=O)N[C@H](C(=O)CCC#N)Cc2ccc(OCCN)c(c2)-c2cc1ccc2OCCN. The Hall–Kier alpha value is -6.54. The third-order valence-electron chi connectivity index (χ3n) is 13.0. The van der Waals surface area contributed by atoms with Gasteiger partial charge < -0.3 is 41.8 Å². The average molecular weight is 942 g/mol. The van der Waals surface area contributed by atoms with Crippen molar-refractivity contribution in [3.63, 3.8) is 0 Å². The van der Waals surface area contributed by atoms with Crippen molar-refractivity contribution in [2.75, 3.05) is 57.9 Å². The van der Waals surface area contributed by atoms with E-state index >= 15 is 0 Å². The maximum absolute atomic E-state index is 14.9. The van der Waals surface area contributed by atoms with E-state index in [4.69, 9.17) is 36.6 Å². The smallest absolute Gasteiger partial charge is 0.226 e. The largest absolute Gasteiger partial charge is 0.492 e. The molecule has 16 heteroatoms. The van der Waals surface area contributed by atoms with E-state index in [0.717, 1.165) is 24.3 Å². The predicted molar refractivity (Wildman–Crippen MR) is 264 cm³/mol. The Labute approximate surface area is 405 Å². The first kappa shape index (κ1) is 51.8. The third-order valence-corrected chi connectivity index (χ3v) is 13.0. The van der Waals surface area contributed by atoms with Gasteiger partial charge in [-0.3, -0.25) is 24.0 Å². The van der Waals surface area contributed by atoms with Crippen LogP contribution in [0.5, 0.6) is 11.5 Å². The van der Waals surface area contributed by atoms with Crippen molar-refractivity contribution in [1.29, 1.82) is 5.26 Å². The van der Waals surface area contributed by atoms with Gasteiger partial charge in [-0.05, 0) is 106 Å². The summed E-state index contributed by atoms with van der Waals surface area (Å²) in [6.07, 6.45) is 4.45. The number of ketones is 3. The van der Waals surface area contributed by atoms with E-state index in [0.29, 0.717) is 56.5 Å². The van der Waals surface area contributed by atoms with Gasteiger partial charge in [0.05, 0.1) is 29.1 Å². The number of nitriles is 1. The molecule has 0 aliphatic carbocycles. The summed E-state index contributed by atoms with van der Waals surface area (Å²) in [5, 5.41) is 12.1. The Morgan fingerprint density at radius 3 is 2.09 bits per heavy atom. The van der Waals surface area contributed by atoms with Crippen molar-refractivity contribution in [2.24, 2.45) is 29.0 Å². The first-order valence-electron chi connectivity index (χ1n) is 24.1. The van der Waals surface area contributed by atoms with E-state index in [2.05, 4.69) is 22.3 Å². The summed E-state index contributed by atoms with van der Waals surface area (Å²) in [5.74, 6) is -2.64. The van der Waals surface area contributed by atoms with Crippen LogP contribution in [0.4, 0.5) is 5.69 Å². The molecule has 0 unspecified atom stereocenters. The number of amides is 2. The Morgan fingerprint density at radius 1 is 0.855 bits per heavy atom. The van der Waals surface area contributed by atoms with Gasteiger partial charge in [-0.2, -0.15) is 5.26 Å². The third kappa shape index (κ3) is 13.0. The Morgan fingerprint density at radius 2 is 1.48 bits per heavy atom. The summed E-state index contributed by atoms with van der Waals surface area (Å²) in [6, 6.07) is 18.5. The number of benzene rings is 3. The Balaban J connectivity index is 1.35. The number of hydrogen-bond acceptors (Lipinski definition) is 14. The van der Waals surface area contributed by atoms with Crippen LogP contribution in [0.25, 0.3) is 22.5 Å². The average Bonchev–Trinajstić information content (AvgIpc) is 3.63. The van der Waals surface area contributed by atoms with Crippen molar-refractivity contribution in [3.8, 4) is 40.1 Å². The molecule has 2 aliphatic rings. The minimum atomic E-state index is -1.24. The highest BCUT2D eigenvalue weighted by atomic mass is 16.5. The van der Waals surface area contributed by atoms with E-state index in [1.165, 1.54) is 37.6 Å². The van der Waals surface area contributed by atoms with E-state index in [1.54, 1.807) is 51.1 Å². The summed E-state index contributed by atoms with van der Waals surface area (Å²) in [6.45, 7) is 8.03. The maximum atomic E-state index is 14.9. The number of Topliss-reactive ketones (excluding diaryl/α,β-unsaturated/α-hetero) is 3. The molecule has 69 heavy (non-hydrogen) atoms. The second-order valence-electron chi connectivity index (χ2n) is 18.1. The number of hydrogen-bond donors (Lipinski definition) is 4. The van der Waals surface area contributed by atoms with Crippen molar-refractivity contribution in [2.45, 2.75) is 97.1 Å². The summed E-state index contributed by atoms with van der Waals surface area (Å²) in [4.78, 5) is 84.6. The lowest BCUT2D eigenvalue weighted by atomic mass is 9.88. The number of nitrogens with two attached hydrogens (primary N) is 3. The summed E-state index contributed by atoms with van der Waals surface area (Å²) in [7, 11) is 1.51. The lowest BCUT2D eigenvalue weighted by molar-refractivity contribution is -0.142. The molecule has 3 aromatic carbocycles. The molecule has 7 N–H and O–H groups in total. The van der Waals surface area contributed by atoms with Gasteiger partial charge >= 0.3 is 0 Å². The lowest BCUT2D eigenvalue weighted by Crippen LogP contribution is -2.46. The van der Waals surface area contributed by atoms with Gasteiger partial charge in [-0.1, -0.05) is 31.9 Å². The second kappa shape index (κ2) is 24.7. The molecule has 4 atom stereocenters. The van der Waals surface area contributed by atoms with Gasteiger partial charge in [0.1, 0.15) is 30.8 Å². The number of ether oxygens (including phenoxy) is 2. The normalized spacial score (nSPS) is 17.9. The van der Waals surface area contributed by atoms with Gasteiger partial charge in [-0.25, -0.2) is 9.97 Å². The van der Waals surface area contributed by atoms with Crippen LogP contribution in [-0.2, 0) is 25.6 Å². The summed E-state index contributed by atoms with van der Waals surface area (Å²) < 4.78 is 12.3. The van der Waals surface area contributed by atoms with E-state index in [9.17, 15) is 29.2 Å². The van der Waals surface area contributed by atoms with Crippen molar-refractivity contribution in [1.82, 2.24) is 20.2 Å². The molecule has 1 saturated heterocycles. The molecular weight excluding hydrogens is 875 g/mol. The topological polar surface area (TPSA) is 250 Å². The quantitative estimate of drug-likeness (QED) is 0.0871. The molecule has 2 amide bonds. The number of likely N-dealkylation sites (N-methyl/N-ethyl adjacent to an activating group) is 1. The molecule has 6 rings (SSSR count). The van der Waals surface area contributed by atoms with Crippen LogP contribution in [0, 0.1) is 37.0 Å². The molecule has 4 bridgehead atoms. The number of aryl methyl sites for hydroxylation is 2. The number of nitrogens with one attached hydrogen (secondary N) is 1. The number of rotatable bonds is 18. The molecule has 16 nitrogen and oxygen atoms in total. The Kier molecular flexibility index (Phi) is 18.5. The molecule has 1 fully saturated rings. The zero-order valence-corrected chi connectivity index (χ0v) is 40.4. The molecule has 2 aliphatic heterocycles. The number of anilines is 1. The zero-order valence-electron chi connectivity index (χ0n) is 40.4. The monoisotopic (exact) mass is 942 g/mol. The fourth-order valence-electron chi connectivity index (χ4n) is 9.37. The van der Waals surface area contributed by atoms with Crippen LogP contribution in [0.2, 0.25) is 0 Å². The first-order chi connectivity index (χ1) is 33.3. The van der Waals surface area contributed by atoms with Gasteiger partial charge in [0, 0.05) is 93.1 Å². The molecule has 0 saturated carbocycles. The minimum absolute atomic E-state index is 0.0307. The van der Waals surface area contributed by atoms with Gasteiger partial charge in [0.25, 0.3) is 0 Å². The van der Waals surface area contributed by atoms with Crippen molar-refractivity contribution in [3.05, 3.63) is 88.7 Å². The highest BCUT2D eigenvalue weighted by Gasteiger charge is 2.36. The molecule has 1 aromatic heterocycles.